The highest BCUT2D eigenvalue weighted by atomic mass is 35.5. The van der Waals surface area contributed by atoms with Crippen molar-refractivity contribution >= 4 is 29.0 Å². The van der Waals surface area contributed by atoms with E-state index in [9.17, 15) is 4.79 Å². The van der Waals surface area contributed by atoms with E-state index < -0.39 is 0 Å². The molecule has 4 heteroatoms. The van der Waals surface area contributed by atoms with Crippen molar-refractivity contribution < 1.29 is 4.79 Å². The minimum Gasteiger partial charge on any atom is -0.331 e. The summed E-state index contributed by atoms with van der Waals surface area (Å²) in [5, 5.41) is 1.11. The highest BCUT2D eigenvalue weighted by Gasteiger charge is 2.06. The van der Waals surface area contributed by atoms with Gasteiger partial charge in [-0.15, -0.1) is 0 Å². The van der Waals surface area contributed by atoms with Crippen molar-refractivity contribution in [1.29, 1.82) is 0 Å². The van der Waals surface area contributed by atoms with Crippen molar-refractivity contribution in [3.63, 3.8) is 0 Å². The van der Waals surface area contributed by atoms with Gasteiger partial charge in [0.25, 0.3) is 0 Å². The third kappa shape index (κ3) is 5.78. The Labute approximate surface area is 100 Å². The van der Waals surface area contributed by atoms with E-state index in [2.05, 4.69) is 0 Å². The van der Waals surface area contributed by atoms with Gasteiger partial charge in [-0.3, -0.25) is 4.79 Å². The Morgan fingerprint density at radius 2 is 1.73 bits per heavy atom. The van der Waals surface area contributed by atoms with E-state index in [1.807, 2.05) is 6.92 Å². The average Bonchev–Trinajstić information content (AvgIpc) is 2.12. The molecule has 84 valence electrons. The van der Waals surface area contributed by atoms with Crippen LogP contribution in [0.4, 0.5) is 0 Å². The lowest BCUT2D eigenvalue weighted by molar-refractivity contribution is -0.116. The molecule has 0 saturated heterocycles. The molecular formula is C11H15Cl2NO. The van der Waals surface area contributed by atoms with Crippen LogP contribution in [0.3, 0.4) is 0 Å². The van der Waals surface area contributed by atoms with Gasteiger partial charge in [-0.25, -0.2) is 0 Å². The second-order valence-electron chi connectivity index (χ2n) is 2.99. The first-order chi connectivity index (χ1) is 7.02. The largest absolute Gasteiger partial charge is 0.331 e. The number of hydrogen-bond donors (Lipinski definition) is 1. The zero-order chi connectivity index (χ0) is 11.8. The summed E-state index contributed by atoms with van der Waals surface area (Å²) in [6, 6.07) is 5.21. The Kier molecular flexibility index (Phi) is 7.39. The number of halogens is 2. The summed E-state index contributed by atoms with van der Waals surface area (Å²) in [6.07, 6.45) is 0.304. The van der Waals surface area contributed by atoms with Gasteiger partial charge in [0.05, 0.1) is 0 Å². The van der Waals surface area contributed by atoms with Gasteiger partial charge in [0.2, 0.25) is 0 Å². The molecule has 1 aromatic rings. The molecule has 0 aliphatic heterocycles. The van der Waals surface area contributed by atoms with E-state index in [-0.39, 0.29) is 5.78 Å². The summed E-state index contributed by atoms with van der Waals surface area (Å²) < 4.78 is 0. The van der Waals surface area contributed by atoms with E-state index in [4.69, 9.17) is 28.9 Å². The molecule has 1 rings (SSSR count). The van der Waals surface area contributed by atoms with Crippen LogP contribution in [0.15, 0.2) is 18.2 Å². The van der Waals surface area contributed by atoms with Gasteiger partial charge in [-0.2, -0.15) is 0 Å². The highest BCUT2D eigenvalue weighted by molar-refractivity contribution is 6.36. The first-order valence-corrected chi connectivity index (χ1v) is 5.40. The molecule has 0 saturated carbocycles. The second kappa shape index (κ2) is 7.69. The summed E-state index contributed by atoms with van der Waals surface area (Å²) in [4.78, 5) is 10.8. The molecule has 0 fully saturated rings. The van der Waals surface area contributed by atoms with Gasteiger partial charge in [0.15, 0.2) is 0 Å². The molecule has 0 heterocycles. The van der Waals surface area contributed by atoms with Gasteiger partial charge >= 0.3 is 0 Å². The predicted molar refractivity (Wildman–Crippen MR) is 65.6 cm³/mol. The summed E-state index contributed by atoms with van der Waals surface area (Å²) in [5.41, 5.74) is 5.56. The molecule has 0 unspecified atom stereocenters. The van der Waals surface area contributed by atoms with Crippen LogP contribution in [0.5, 0.6) is 0 Å². The van der Waals surface area contributed by atoms with Gasteiger partial charge in [0, 0.05) is 16.5 Å². The lowest BCUT2D eigenvalue weighted by atomic mass is 10.1. The monoisotopic (exact) mass is 247 g/mol. The minimum atomic E-state index is 0.0602. The molecular weight excluding hydrogens is 233 g/mol. The second-order valence-corrected chi connectivity index (χ2v) is 3.80. The van der Waals surface area contributed by atoms with Crippen molar-refractivity contribution in [2.75, 3.05) is 6.54 Å². The number of ketones is 1. The van der Waals surface area contributed by atoms with E-state index in [0.29, 0.717) is 22.0 Å². The number of nitrogens with two attached hydrogens (primary N) is 1. The van der Waals surface area contributed by atoms with Crippen LogP contribution >= 0.6 is 23.2 Å². The van der Waals surface area contributed by atoms with Crippen molar-refractivity contribution in [2.24, 2.45) is 5.73 Å². The molecule has 15 heavy (non-hydrogen) atoms. The first kappa shape index (κ1) is 14.4. The summed E-state index contributed by atoms with van der Waals surface area (Å²) >= 11 is 11.7. The Morgan fingerprint density at radius 1 is 1.33 bits per heavy atom. The number of benzene rings is 1. The molecule has 0 radical (unpaired) electrons. The van der Waals surface area contributed by atoms with E-state index in [1.165, 1.54) is 6.92 Å². The van der Waals surface area contributed by atoms with Crippen LogP contribution < -0.4 is 5.73 Å². The number of carbonyl (C=O) groups is 1. The van der Waals surface area contributed by atoms with Gasteiger partial charge < -0.3 is 5.73 Å². The van der Waals surface area contributed by atoms with E-state index >= 15 is 0 Å². The number of Topliss-reactive ketones (excluding diaryl/α,β-unsaturated/α-hetero) is 1. The number of carbonyl (C=O) groups excluding carboxylic acids is 1. The lowest BCUT2D eigenvalue weighted by Crippen LogP contribution is -1.97. The zero-order valence-corrected chi connectivity index (χ0v) is 10.4. The van der Waals surface area contributed by atoms with Crippen LogP contribution in [0.2, 0.25) is 10.0 Å². The Hall–Kier alpha value is -0.570. The van der Waals surface area contributed by atoms with Crippen LogP contribution in [-0.4, -0.2) is 12.3 Å². The smallest absolute Gasteiger partial charge is 0.134 e. The number of rotatable bonds is 2. The molecule has 0 amide bonds. The molecule has 2 nitrogen and oxygen atoms in total. The topological polar surface area (TPSA) is 43.1 Å². The van der Waals surface area contributed by atoms with E-state index in [0.717, 1.165) is 6.54 Å². The minimum absolute atomic E-state index is 0.0602. The maximum absolute atomic E-state index is 10.8. The van der Waals surface area contributed by atoms with Gasteiger partial charge in [-0.05, 0) is 31.2 Å². The van der Waals surface area contributed by atoms with Crippen LogP contribution in [-0.2, 0) is 11.2 Å². The van der Waals surface area contributed by atoms with Crippen molar-refractivity contribution in [3.8, 4) is 0 Å². The maximum Gasteiger partial charge on any atom is 0.134 e. The van der Waals surface area contributed by atoms with Gasteiger partial charge in [-0.1, -0.05) is 36.2 Å². The van der Waals surface area contributed by atoms with Crippen LogP contribution in [0.1, 0.15) is 19.4 Å². The van der Waals surface area contributed by atoms with Crippen molar-refractivity contribution in [3.05, 3.63) is 33.8 Å². The summed E-state index contributed by atoms with van der Waals surface area (Å²) in [7, 11) is 0. The molecule has 0 atom stereocenters. The molecule has 0 aliphatic carbocycles. The molecule has 2 N–H and O–H groups in total. The third-order valence-electron chi connectivity index (χ3n) is 1.49. The molecule has 0 aromatic heterocycles. The fourth-order valence-electron chi connectivity index (χ4n) is 0.950. The maximum atomic E-state index is 10.8. The standard InChI is InChI=1S/C9H8Cl2O.C2H7N/c1-6(12)5-7-8(10)3-2-4-9(7)11;1-2-3/h2-4H,5H2,1H3;2-3H2,1H3. The quantitative estimate of drug-likeness (QED) is 0.873. The fraction of sp³-hybridized carbons (Fsp3) is 0.364. The molecule has 1 aromatic carbocycles. The van der Waals surface area contributed by atoms with Crippen molar-refractivity contribution in [2.45, 2.75) is 20.3 Å². The lowest BCUT2D eigenvalue weighted by Gasteiger charge is -2.03. The van der Waals surface area contributed by atoms with Crippen LogP contribution in [0.25, 0.3) is 0 Å². The Balaban J connectivity index is 0.000000583. The SMILES string of the molecule is CC(=O)Cc1c(Cl)cccc1Cl.CCN. The Morgan fingerprint density at radius 3 is 2.07 bits per heavy atom. The first-order valence-electron chi connectivity index (χ1n) is 4.65. The predicted octanol–water partition coefficient (Wildman–Crippen LogP) is 3.09. The van der Waals surface area contributed by atoms with Crippen molar-refractivity contribution in [1.82, 2.24) is 0 Å². The molecule has 0 bridgehead atoms. The van der Waals surface area contributed by atoms with Crippen LogP contribution in [0, 0.1) is 0 Å². The molecule has 0 spiro atoms. The average molecular weight is 248 g/mol. The molecule has 0 aliphatic rings. The van der Waals surface area contributed by atoms with Gasteiger partial charge in [0.1, 0.15) is 5.78 Å². The summed E-state index contributed by atoms with van der Waals surface area (Å²) in [6.45, 7) is 4.17. The normalized spacial score (nSPS) is 9.13. The highest BCUT2D eigenvalue weighted by Crippen LogP contribution is 2.24. The fourth-order valence-corrected chi connectivity index (χ4v) is 1.48. The Bertz CT molecular complexity index is 306. The summed E-state index contributed by atoms with van der Waals surface area (Å²) in [5.74, 6) is 0.0602. The van der Waals surface area contributed by atoms with E-state index in [1.54, 1.807) is 18.2 Å². The third-order valence-corrected chi connectivity index (χ3v) is 2.20. The number of hydrogen-bond acceptors (Lipinski definition) is 2. The zero-order valence-electron chi connectivity index (χ0n) is 8.89.